The molecule has 1 N–H and O–H groups in total. The largest absolute Gasteiger partial charge is 0.382 e. The summed E-state index contributed by atoms with van der Waals surface area (Å²) in [7, 11) is 0. The van der Waals surface area contributed by atoms with Gasteiger partial charge in [-0.1, -0.05) is 30.3 Å². The fraction of sp³-hybridized carbons (Fsp3) is 0.591. The van der Waals surface area contributed by atoms with Crippen LogP contribution in [0.3, 0.4) is 0 Å². The second-order valence-corrected chi connectivity index (χ2v) is 8.28. The maximum absolute atomic E-state index is 10.7. The molecule has 0 saturated carbocycles. The first kappa shape index (κ1) is 18.7. The average molecular weight is 369 g/mol. The lowest BCUT2D eigenvalue weighted by molar-refractivity contribution is 0.0882. The molecule has 1 aromatic carbocycles. The number of aliphatic hydroxyl groups is 1. The van der Waals surface area contributed by atoms with Crippen LogP contribution >= 0.6 is 0 Å². The molecule has 0 bridgehead atoms. The minimum Gasteiger partial charge on any atom is -0.382 e. The minimum absolute atomic E-state index is 0.645. The quantitative estimate of drug-likeness (QED) is 0.901. The third-order valence-electron chi connectivity index (χ3n) is 6.20. The van der Waals surface area contributed by atoms with E-state index in [1.54, 1.807) is 0 Å². The molecular weight excluding hydrogens is 336 g/mol. The summed E-state index contributed by atoms with van der Waals surface area (Å²) in [5, 5.41) is 15.4. The first-order chi connectivity index (χ1) is 13.1. The van der Waals surface area contributed by atoms with Crippen molar-refractivity contribution in [2.45, 2.75) is 64.4 Å². The molecule has 2 aromatic rings. The molecule has 0 aliphatic carbocycles. The van der Waals surface area contributed by atoms with E-state index in [0.717, 1.165) is 37.3 Å². The van der Waals surface area contributed by atoms with Crippen LogP contribution in [0.5, 0.6) is 0 Å². The highest BCUT2D eigenvalue weighted by Gasteiger charge is 2.28. The molecule has 3 heterocycles. The summed E-state index contributed by atoms with van der Waals surface area (Å²) in [6.45, 7) is 10.0. The van der Waals surface area contributed by atoms with E-state index in [4.69, 9.17) is 5.10 Å². The summed E-state index contributed by atoms with van der Waals surface area (Å²) in [6, 6.07) is 13.3. The zero-order chi connectivity index (χ0) is 18.8. The smallest absolute Gasteiger partial charge is 0.123 e. The van der Waals surface area contributed by atoms with Crippen LogP contribution in [0.25, 0.3) is 0 Å². The van der Waals surface area contributed by atoms with Gasteiger partial charge in [-0.15, -0.1) is 0 Å². The maximum atomic E-state index is 10.7. The normalized spacial score (nSPS) is 21.2. The van der Waals surface area contributed by atoms with Gasteiger partial charge in [0.05, 0.1) is 11.4 Å². The number of hydrogen-bond donors (Lipinski definition) is 1. The summed E-state index contributed by atoms with van der Waals surface area (Å²) < 4.78 is 2.12. The molecule has 1 aromatic heterocycles. The highest BCUT2D eigenvalue weighted by Crippen LogP contribution is 2.26. The van der Waals surface area contributed by atoms with Gasteiger partial charge in [-0.2, -0.15) is 5.10 Å². The Bertz CT molecular complexity index is 734. The lowest BCUT2D eigenvalue weighted by Crippen LogP contribution is -2.46. The van der Waals surface area contributed by atoms with Gasteiger partial charge in [0.25, 0.3) is 0 Å². The molecule has 0 spiro atoms. The number of aliphatic hydroxyl groups excluding tert-OH is 1. The van der Waals surface area contributed by atoms with Gasteiger partial charge in [-0.3, -0.25) is 9.58 Å². The van der Waals surface area contributed by atoms with E-state index >= 15 is 0 Å². The van der Waals surface area contributed by atoms with Crippen molar-refractivity contribution >= 4 is 0 Å². The number of benzene rings is 1. The molecule has 0 radical (unpaired) electrons. The second-order valence-electron chi connectivity index (χ2n) is 8.28. The van der Waals surface area contributed by atoms with Gasteiger partial charge < -0.3 is 10.0 Å². The molecule has 0 amide bonds. The Labute approximate surface area is 162 Å². The van der Waals surface area contributed by atoms with Crippen molar-refractivity contribution in [1.82, 2.24) is 19.6 Å². The number of rotatable bonds is 4. The number of hydrogen-bond acceptors (Lipinski definition) is 4. The van der Waals surface area contributed by atoms with E-state index < -0.39 is 6.10 Å². The Kier molecular flexibility index (Phi) is 5.62. The summed E-state index contributed by atoms with van der Waals surface area (Å²) in [4.78, 5) is 5.24. The Morgan fingerprint density at radius 3 is 2.48 bits per heavy atom. The third kappa shape index (κ3) is 4.10. The van der Waals surface area contributed by atoms with E-state index in [2.05, 4.69) is 34.4 Å². The van der Waals surface area contributed by atoms with Gasteiger partial charge >= 0.3 is 0 Å². The number of nitrogens with zero attached hydrogens (tertiary/aromatic N) is 4. The Morgan fingerprint density at radius 1 is 1.04 bits per heavy atom. The second kappa shape index (κ2) is 8.13. The minimum atomic E-state index is -0.645. The molecule has 1 unspecified atom stereocenters. The zero-order valence-corrected chi connectivity index (χ0v) is 16.6. The van der Waals surface area contributed by atoms with Crippen molar-refractivity contribution in [1.29, 1.82) is 0 Å². The lowest BCUT2D eigenvalue weighted by Gasteiger charge is -2.39. The molecule has 27 heavy (non-hydrogen) atoms. The SMILES string of the molecule is CC(C)N1CCC(N2CCCn3nc(C(O)c4ccccc4)cc3C2)CC1. The highest BCUT2D eigenvalue weighted by molar-refractivity contribution is 5.26. The standard InChI is InChI=1S/C22H32N4O/c1-17(2)24-13-9-19(10-14-24)25-11-6-12-26-20(16-25)15-21(23-26)22(27)18-7-4-3-5-8-18/h3-5,7-8,15,17,19,22,27H,6,9-14,16H2,1-2H3. The van der Waals surface area contributed by atoms with Crippen LogP contribution in [0, 0.1) is 0 Å². The topological polar surface area (TPSA) is 44.5 Å². The van der Waals surface area contributed by atoms with Crippen LogP contribution < -0.4 is 0 Å². The van der Waals surface area contributed by atoms with Gasteiger partial charge in [0.2, 0.25) is 0 Å². The van der Waals surface area contributed by atoms with Crippen molar-refractivity contribution in [3.63, 3.8) is 0 Å². The summed E-state index contributed by atoms with van der Waals surface area (Å²) in [6.07, 6.45) is 2.99. The Hall–Kier alpha value is -1.69. The van der Waals surface area contributed by atoms with Crippen LogP contribution in [0.15, 0.2) is 36.4 Å². The van der Waals surface area contributed by atoms with Gasteiger partial charge in [0, 0.05) is 31.7 Å². The Balaban J connectivity index is 1.46. The van der Waals surface area contributed by atoms with E-state index in [0.29, 0.717) is 12.1 Å². The fourth-order valence-corrected chi connectivity index (χ4v) is 4.53. The van der Waals surface area contributed by atoms with Gasteiger partial charge in [0.1, 0.15) is 6.10 Å². The van der Waals surface area contributed by atoms with Crippen LogP contribution in [-0.2, 0) is 13.1 Å². The van der Waals surface area contributed by atoms with Crippen molar-refractivity contribution in [2.75, 3.05) is 19.6 Å². The van der Waals surface area contributed by atoms with Gasteiger partial charge in [-0.05, 0) is 57.8 Å². The predicted octanol–water partition coefficient (Wildman–Crippen LogP) is 3.04. The molecule has 5 nitrogen and oxygen atoms in total. The number of aromatic nitrogens is 2. The lowest BCUT2D eigenvalue weighted by atomic mass is 10.0. The van der Waals surface area contributed by atoms with E-state index in [-0.39, 0.29) is 0 Å². The van der Waals surface area contributed by atoms with E-state index in [1.807, 2.05) is 30.3 Å². The molecule has 146 valence electrons. The monoisotopic (exact) mass is 368 g/mol. The predicted molar refractivity (Wildman–Crippen MR) is 107 cm³/mol. The number of likely N-dealkylation sites (tertiary alicyclic amines) is 1. The molecule has 1 atom stereocenters. The number of piperidine rings is 1. The number of fused-ring (bicyclic) bond motifs is 1. The van der Waals surface area contributed by atoms with Crippen molar-refractivity contribution < 1.29 is 5.11 Å². The van der Waals surface area contributed by atoms with E-state index in [1.165, 1.54) is 31.6 Å². The Morgan fingerprint density at radius 2 is 1.78 bits per heavy atom. The molecule has 4 rings (SSSR count). The molecule has 2 aliphatic rings. The van der Waals surface area contributed by atoms with Crippen molar-refractivity contribution in [3.05, 3.63) is 53.3 Å². The van der Waals surface area contributed by atoms with Gasteiger partial charge in [-0.25, -0.2) is 0 Å². The van der Waals surface area contributed by atoms with Crippen LogP contribution in [-0.4, -0.2) is 56.4 Å². The maximum Gasteiger partial charge on any atom is 0.123 e. The summed E-state index contributed by atoms with van der Waals surface area (Å²) in [5.41, 5.74) is 2.92. The van der Waals surface area contributed by atoms with Crippen LogP contribution in [0.1, 0.15) is 56.2 Å². The molecule has 1 saturated heterocycles. The first-order valence-electron chi connectivity index (χ1n) is 10.4. The molecular formula is C22H32N4O. The van der Waals surface area contributed by atoms with Gasteiger partial charge in [0.15, 0.2) is 0 Å². The number of aryl methyl sites for hydroxylation is 1. The average Bonchev–Trinajstić information content (AvgIpc) is 2.99. The third-order valence-corrected chi connectivity index (χ3v) is 6.20. The fourth-order valence-electron chi connectivity index (χ4n) is 4.53. The summed E-state index contributed by atoms with van der Waals surface area (Å²) >= 11 is 0. The van der Waals surface area contributed by atoms with E-state index in [9.17, 15) is 5.11 Å². The molecule has 1 fully saturated rings. The molecule has 5 heteroatoms. The van der Waals surface area contributed by atoms with Crippen LogP contribution in [0.2, 0.25) is 0 Å². The van der Waals surface area contributed by atoms with Crippen molar-refractivity contribution in [3.8, 4) is 0 Å². The highest BCUT2D eigenvalue weighted by atomic mass is 16.3. The molecule has 2 aliphatic heterocycles. The summed E-state index contributed by atoms with van der Waals surface area (Å²) in [5.74, 6) is 0. The first-order valence-corrected chi connectivity index (χ1v) is 10.4. The van der Waals surface area contributed by atoms with Crippen LogP contribution in [0.4, 0.5) is 0 Å². The van der Waals surface area contributed by atoms with Crippen molar-refractivity contribution in [2.24, 2.45) is 0 Å². The zero-order valence-electron chi connectivity index (χ0n) is 16.6.